The van der Waals surface area contributed by atoms with Crippen LogP contribution in [0.25, 0.3) is 0 Å². The Morgan fingerprint density at radius 2 is 1.89 bits per heavy atom. The SMILES string of the molecule is NCC1CCN(C(=O)NC2CCC(C(=O)O)CC2)C1. The molecule has 1 heterocycles. The zero-order valence-electron chi connectivity index (χ0n) is 11.2. The lowest BCUT2D eigenvalue weighted by Gasteiger charge is -2.28. The molecule has 0 aromatic rings. The quantitative estimate of drug-likeness (QED) is 0.700. The number of hydrogen-bond acceptors (Lipinski definition) is 3. The Labute approximate surface area is 113 Å². The summed E-state index contributed by atoms with van der Waals surface area (Å²) in [5.74, 6) is -0.523. The van der Waals surface area contributed by atoms with E-state index in [4.69, 9.17) is 10.8 Å². The highest BCUT2D eigenvalue weighted by molar-refractivity contribution is 5.75. The number of nitrogens with zero attached hydrogens (tertiary/aromatic N) is 1. The molecule has 0 aromatic heterocycles. The fourth-order valence-electron chi connectivity index (χ4n) is 2.96. The molecule has 0 bridgehead atoms. The molecule has 2 fully saturated rings. The Morgan fingerprint density at radius 1 is 1.21 bits per heavy atom. The maximum atomic E-state index is 12.0. The molecule has 19 heavy (non-hydrogen) atoms. The van der Waals surface area contributed by atoms with Crippen molar-refractivity contribution >= 4 is 12.0 Å². The van der Waals surface area contributed by atoms with Crippen molar-refractivity contribution in [3.05, 3.63) is 0 Å². The van der Waals surface area contributed by atoms with Gasteiger partial charge in [0.25, 0.3) is 0 Å². The van der Waals surface area contributed by atoms with Crippen LogP contribution in [0.3, 0.4) is 0 Å². The molecule has 0 radical (unpaired) electrons. The van der Waals surface area contributed by atoms with E-state index >= 15 is 0 Å². The molecule has 0 spiro atoms. The first kappa shape index (κ1) is 14.1. The van der Waals surface area contributed by atoms with Gasteiger partial charge in [0.1, 0.15) is 0 Å². The largest absolute Gasteiger partial charge is 0.481 e. The molecular formula is C13H23N3O3. The van der Waals surface area contributed by atoms with Gasteiger partial charge in [0.2, 0.25) is 0 Å². The molecule has 1 unspecified atom stereocenters. The number of nitrogens with one attached hydrogen (secondary N) is 1. The van der Waals surface area contributed by atoms with E-state index in [-0.39, 0.29) is 18.0 Å². The van der Waals surface area contributed by atoms with Crippen LogP contribution >= 0.6 is 0 Å². The molecule has 6 nitrogen and oxygen atoms in total. The van der Waals surface area contributed by atoms with Gasteiger partial charge in [-0.05, 0) is 44.6 Å². The van der Waals surface area contributed by atoms with E-state index in [2.05, 4.69) is 5.32 Å². The summed E-state index contributed by atoms with van der Waals surface area (Å²) in [6.45, 7) is 2.15. The minimum Gasteiger partial charge on any atom is -0.481 e. The lowest BCUT2D eigenvalue weighted by Crippen LogP contribution is -2.45. The number of urea groups is 1. The standard InChI is InChI=1S/C13H23N3O3/c14-7-9-5-6-16(8-9)13(19)15-11-3-1-10(2-4-11)12(17)18/h9-11H,1-8,14H2,(H,15,19)(H,17,18). The highest BCUT2D eigenvalue weighted by Crippen LogP contribution is 2.25. The van der Waals surface area contributed by atoms with Crippen molar-refractivity contribution in [1.82, 2.24) is 10.2 Å². The van der Waals surface area contributed by atoms with Gasteiger partial charge in [0.15, 0.2) is 0 Å². The molecule has 1 aliphatic heterocycles. The van der Waals surface area contributed by atoms with Gasteiger partial charge < -0.3 is 21.1 Å². The zero-order valence-corrected chi connectivity index (χ0v) is 11.2. The van der Waals surface area contributed by atoms with Crippen molar-refractivity contribution in [2.24, 2.45) is 17.6 Å². The number of carboxylic acid groups (broad SMARTS) is 1. The Bertz CT molecular complexity index is 340. The van der Waals surface area contributed by atoms with Crippen molar-refractivity contribution in [1.29, 1.82) is 0 Å². The Hall–Kier alpha value is -1.30. The average Bonchev–Trinajstić information content (AvgIpc) is 2.88. The molecule has 1 saturated carbocycles. The maximum absolute atomic E-state index is 12.0. The van der Waals surface area contributed by atoms with E-state index in [9.17, 15) is 9.59 Å². The number of rotatable bonds is 3. The smallest absolute Gasteiger partial charge is 0.317 e. The van der Waals surface area contributed by atoms with Crippen LogP contribution in [0.2, 0.25) is 0 Å². The van der Waals surface area contributed by atoms with E-state index in [1.807, 2.05) is 4.90 Å². The molecule has 4 N–H and O–H groups in total. The second-order valence-corrected chi connectivity index (χ2v) is 5.67. The van der Waals surface area contributed by atoms with Gasteiger partial charge in [-0.3, -0.25) is 4.79 Å². The third kappa shape index (κ3) is 3.59. The van der Waals surface area contributed by atoms with Crippen LogP contribution in [0.5, 0.6) is 0 Å². The number of likely N-dealkylation sites (tertiary alicyclic amines) is 1. The van der Waals surface area contributed by atoms with Gasteiger partial charge >= 0.3 is 12.0 Å². The van der Waals surface area contributed by atoms with Crippen LogP contribution in [-0.2, 0) is 4.79 Å². The molecule has 2 rings (SSSR count). The third-order valence-corrected chi connectivity index (χ3v) is 4.31. The number of amides is 2. The zero-order chi connectivity index (χ0) is 13.8. The summed E-state index contributed by atoms with van der Waals surface area (Å²) in [6.07, 6.45) is 3.82. The van der Waals surface area contributed by atoms with Gasteiger partial charge in [-0.1, -0.05) is 0 Å². The summed E-state index contributed by atoms with van der Waals surface area (Å²) in [5, 5.41) is 11.9. The van der Waals surface area contributed by atoms with Gasteiger partial charge in [0.05, 0.1) is 5.92 Å². The van der Waals surface area contributed by atoms with Crippen LogP contribution < -0.4 is 11.1 Å². The van der Waals surface area contributed by atoms with Crippen molar-refractivity contribution in [3.63, 3.8) is 0 Å². The summed E-state index contributed by atoms with van der Waals surface area (Å²) in [5.41, 5.74) is 5.61. The molecule has 1 atom stereocenters. The molecule has 0 aromatic carbocycles. The van der Waals surface area contributed by atoms with Crippen molar-refractivity contribution in [3.8, 4) is 0 Å². The van der Waals surface area contributed by atoms with E-state index in [1.54, 1.807) is 0 Å². The molecular weight excluding hydrogens is 246 g/mol. The summed E-state index contributed by atoms with van der Waals surface area (Å²) in [6, 6.07) is 0.106. The fraction of sp³-hybridized carbons (Fsp3) is 0.846. The van der Waals surface area contributed by atoms with E-state index in [0.29, 0.717) is 25.3 Å². The van der Waals surface area contributed by atoms with Gasteiger partial charge in [0, 0.05) is 19.1 Å². The summed E-state index contributed by atoms with van der Waals surface area (Å²) < 4.78 is 0. The monoisotopic (exact) mass is 269 g/mol. The molecule has 2 aliphatic rings. The molecule has 1 saturated heterocycles. The topological polar surface area (TPSA) is 95.7 Å². The fourth-order valence-corrected chi connectivity index (χ4v) is 2.96. The van der Waals surface area contributed by atoms with Crippen molar-refractivity contribution < 1.29 is 14.7 Å². The van der Waals surface area contributed by atoms with Crippen LogP contribution in [0.4, 0.5) is 4.79 Å². The highest BCUT2D eigenvalue weighted by atomic mass is 16.4. The normalized spacial score (nSPS) is 31.2. The predicted octanol–water partition coefficient (Wildman–Crippen LogP) is 0.620. The number of nitrogens with two attached hydrogens (primary N) is 1. The highest BCUT2D eigenvalue weighted by Gasteiger charge is 2.30. The van der Waals surface area contributed by atoms with Gasteiger partial charge in [-0.25, -0.2) is 4.79 Å². The molecule has 108 valence electrons. The number of carboxylic acids is 1. The van der Waals surface area contributed by atoms with E-state index < -0.39 is 5.97 Å². The number of hydrogen-bond donors (Lipinski definition) is 3. The second kappa shape index (κ2) is 6.23. The second-order valence-electron chi connectivity index (χ2n) is 5.67. The first-order valence-corrected chi connectivity index (χ1v) is 7.08. The molecule has 1 aliphatic carbocycles. The summed E-state index contributed by atoms with van der Waals surface area (Å²) in [4.78, 5) is 24.7. The Balaban J connectivity index is 1.73. The minimum absolute atomic E-state index is 0.0188. The molecule has 6 heteroatoms. The Kier molecular flexibility index (Phi) is 4.63. The van der Waals surface area contributed by atoms with Gasteiger partial charge in [-0.15, -0.1) is 0 Å². The number of carbonyl (C=O) groups excluding carboxylic acids is 1. The van der Waals surface area contributed by atoms with E-state index in [0.717, 1.165) is 32.4 Å². The minimum atomic E-state index is -0.713. The summed E-state index contributed by atoms with van der Waals surface area (Å²) in [7, 11) is 0. The van der Waals surface area contributed by atoms with Crippen molar-refractivity contribution in [2.75, 3.05) is 19.6 Å². The first-order chi connectivity index (χ1) is 9.10. The van der Waals surface area contributed by atoms with Crippen LogP contribution in [0.15, 0.2) is 0 Å². The van der Waals surface area contributed by atoms with Crippen LogP contribution in [0.1, 0.15) is 32.1 Å². The van der Waals surface area contributed by atoms with Crippen molar-refractivity contribution in [2.45, 2.75) is 38.1 Å². The lowest BCUT2D eigenvalue weighted by atomic mass is 9.86. The summed E-state index contributed by atoms with van der Waals surface area (Å²) >= 11 is 0. The van der Waals surface area contributed by atoms with Gasteiger partial charge in [-0.2, -0.15) is 0 Å². The first-order valence-electron chi connectivity index (χ1n) is 7.08. The third-order valence-electron chi connectivity index (χ3n) is 4.31. The molecule has 2 amide bonds. The Morgan fingerprint density at radius 3 is 2.42 bits per heavy atom. The van der Waals surface area contributed by atoms with E-state index in [1.165, 1.54) is 0 Å². The maximum Gasteiger partial charge on any atom is 0.317 e. The predicted molar refractivity (Wildman–Crippen MR) is 70.6 cm³/mol. The van der Waals surface area contributed by atoms with Crippen LogP contribution in [-0.4, -0.2) is 47.7 Å². The lowest BCUT2D eigenvalue weighted by molar-refractivity contribution is -0.142. The number of carbonyl (C=O) groups is 2. The average molecular weight is 269 g/mol. The number of aliphatic carboxylic acids is 1. The van der Waals surface area contributed by atoms with Crippen LogP contribution in [0, 0.1) is 11.8 Å².